The van der Waals surface area contributed by atoms with Crippen LogP contribution < -0.4 is 14.8 Å². The standard InChI is InChI=1S/C24H29NO8/c1-13(5-10-19(27)28)4-8-16-22(31-3)14(2)17-12-32-24(30)21(17)23(16)33-20(29)11-9-18(26)25-15-6-7-15/h4,15H,5-12H2,1-3H3,(H,25,26)(H,27,28)/b13-4+. The van der Waals surface area contributed by atoms with E-state index in [1.54, 1.807) is 6.92 Å². The van der Waals surface area contributed by atoms with Crippen molar-refractivity contribution in [3.63, 3.8) is 0 Å². The largest absolute Gasteiger partial charge is 0.496 e. The summed E-state index contributed by atoms with van der Waals surface area (Å²) in [6.07, 6.45) is 4.23. The Kier molecular flexibility index (Phi) is 7.73. The minimum absolute atomic E-state index is 0.000224. The number of hydrogen-bond acceptors (Lipinski definition) is 7. The van der Waals surface area contributed by atoms with Crippen molar-refractivity contribution in [2.24, 2.45) is 0 Å². The summed E-state index contributed by atoms with van der Waals surface area (Å²) in [4.78, 5) is 47.9. The van der Waals surface area contributed by atoms with E-state index in [-0.39, 0.29) is 55.6 Å². The van der Waals surface area contributed by atoms with Gasteiger partial charge in [0.25, 0.3) is 0 Å². The Labute approximate surface area is 192 Å². The number of methoxy groups -OCH3 is 1. The van der Waals surface area contributed by atoms with Gasteiger partial charge in [0.1, 0.15) is 17.9 Å². The maximum absolute atomic E-state index is 12.6. The minimum Gasteiger partial charge on any atom is -0.496 e. The molecular formula is C24H29NO8. The van der Waals surface area contributed by atoms with Gasteiger partial charge in [0, 0.05) is 30.0 Å². The topological polar surface area (TPSA) is 128 Å². The highest BCUT2D eigenvalue weighted by Gasteiger charge is 2.34. The maximum atomic E-state index is 12.6. The van der Waals surface area contributed by atoms with Crippen LogP contribution in [-0.2, 0) is 32.1 Å². The number of ether oxygens (including phenoxy) is 3. The van der Waals surface area contributed by atoms with Crippen molar-refractivity contribution >= 4 is 23.8 Å². The van der Waals surface area contributed by atoms with Gasteiger partial charge in [-0.2, -0.15) is 0 Å². The van der Waals surface area contributed by atoms with Crippen LogP contribution in [0.15, 0.2) is 11.6 Å². The third-order valence-corrected chi connectivity index (χ3v) is 5.73. The van der Waals surface area contributed by atoms with Gasteiger partial charge in [0.2, 0.25) is 5.91 Å². The molecule has 1 heterocycles. The molecule has 3 rings (SSSR count). The molecule has 9 nitrogen and oxygen atoms in total. The Morgan fingerprint density at radius 2 is 1.88 bits per heavy atom. The lowest BCUT2D eigenvalue weighted by Crippen LogP contribution is -2.26. The summed E-state index contributed by atoms with van der Waals surface area (Å²) in [5.74, 6) is -1.78. The lowest BCUT2D eigenvalue weighted by atomic mass is 9.94. The molecule has 1 aliphatic carbocycles. The van der Waals surface area contributed by atoms with Gasteiger partial charge in [-0.3, -0.25) is 14.4 Å². The fourth-order valence-electron chi connectivity index (χ4n) is 3.71. The van der Waals surface area contributed by atoms with Crippen molar-refractivity contribution in [2.75, 3.05) is 7.11 Å². The number of carboxylic acid groups (broad SMARTS) is 1. The van der Waals surface area contributed by atoms with Crippen LogP contribution in [0.3, 0.4) is 0 Å². The molecule has 0 atom stereocenters. The van der Waals surface area contributed by atoms with Gasteiger partial charge in [-0.05, 0) is 45.1 Å². The van der Waals surface area contributed by atoms with Crippen molar-refractivity contribution in [3.05, 3.63) is 33.9 Å². The lowest BCUT2D eigenvalue weighted by molar-refractivity contribution is -0.137. The van der Waals surface area contributed by atoms with Crippen molar-refractivity contribution in [3.8, 4) is 11.5 Å². The summed E-state index contributed by atoms with van der Waals surface area (Å²) in [5, 5.41) is 11.7. The van der Waals surface area contributed by atoms with Crippen LogP contribution >= 0.6 is 0 Å². The first-order valence-corrected chi connectivity index (χ1v) is 11.0. The fourth-order valence-corrected chi connectivity index (χ4v) is 3.71. The zero-order chi connectivity index (χ0) is 24.1. The van der Waals surface area contributed by atoms with Crippen LogP contribution in [0, 0.1) is 6.92 Å². The van der Waals surface area contributed by atoms with Gasteiger partial charge in [0.05, 0.1) is 13.5 Å². The van der Waals surface area contributed by atoms with Gasteiger partial charge < -0.3 is 24.6 Å². The molecule has 9 heteroatoms. The van der Waals surface area contributed by atoms with Crippen LogP contribution in [0.5, 0.6) is 11.5 Å². The molecule has 0 saturated heterocycles. The Morgan fingerprint density at radius 1 is 1.15 bits per heavy atom. The molecule has 1 saturated carbocycles. The molecule has 33 heavy (non-hydrogen) atoms. The van der Waals surface area contributed by atoms with Crippen LogP contribution in [0.25, 0.3) is 0 Å². The van der Waals surface area contributed by atoms with Crippen molar-refractivity contribution in [2.45, 2.75) is 71.4 Å². The molecule has 0 bridgehead atoms. The summed E-state index contributed by atoms with van der Waals surface area (Å²) >= 11 is 0. The van der Waals surface area contributed by atoms with Crippen LogP contribution in [-0.4, -0.2) is 42.1 Å². The third kappa shape index (κ3) is 6.12. The monoisotopic (exact) mass is 459 g/mol. The van der Waals surface area contributed by atoms with E-state index in [0.717, 1.165) is 18.4 Å². The van der Waals surface area contributed by atoms with Gasteiger partial charge in [0.15, 0.2) is 5.75 Å². The second kappa shape index (κ2) is 10.5. The molecular weight excluding hydrogens is 430 g/mol. The number of amides is 1. The predicted octanol–water partition coefficient (Wildman–Crippen LogP) is 2.99. The quantitative estimate of drug-likeness (QED) is 0.294. The SMILES string of the molecule is COc1c(C)c2c(c(OC(=O)CCC(=O)NC3CC3)c1C/C=C(\C)CCC(=O)O)C(=O)OC2. The van der Waals surface area contributed by atoms with Crippen LogP contribution in [0.4, 0.5) is 0 Å². The first-order chi connectivity index (χ1) is 15.7. The van der Waals surface area contributed by atoms with E-state index in [9.17, 15) is 19.2 Å². The first kappa shape index (κ1) is 24.3. The predicted molar refractivity (Wildman–Crippen MR) is 117 cm³/mol. The van der Waals surface area contributed by atoms with E-state index in [1.165, 1.54) is 7.11 Å². The number of fused-ring (bicyclic) bond motifs is 1. The molecule has 1 amide bonds. The number of aliphatic carboxylic acids is 1. The first-order valence-electron chi connectivity index (χ1n) is 11.0. The number of carboxylic acids is 1. The fraction of sp³-hybridized carbons (Fsp3) is 0.500. The molecule has 0 radical (unpaired) electrons. The Bertz CT molecular complexity index is 1010. The number of cyclic esters (lactones) is 1. The van der Waals surface area contributed by atoms with Gasteiger partial charge in [-0.25, -0.2) is 4.79 Å². The molecule has 2 aliphatic rings. The highest BCUT2D eigenvalue weighted by atomic mass is 16.6. The normalized spacial score (nSPS) is 15.0. The summed E-state index contributed by atoms with van der Waals surface area (Å²) in [5.41, 5.74) is 2.85. The number of allylic oxidation sites excluding steroid dienone is 2. The molecule has 1 aromatic rings. The van der Waals surface area contributed by atoms with Gasteiger partial charge in [-0.1, -0.05) is 11.6 Å². The molecule has 0 spiro atoms. The summed E-state index contributed by atoms with van der Waals surface area (Å²) in [6, 6.07) is 0.204. The van der Waals surface area contributed by atoms with Gasteiger partial charge >= 0.3 is 17.9 Å². The molecule has 0 unspecified atom stereocenters. The second-order valence-corrected chi connectivity index (χ2v) is 8.36. The Morgan fingerprint density at radius 3 is 2.52 bits per heavy atom. The zero-order valence-electron chi connectivity index (χ0n) is 19.1. The highest BCUT2D eigenvalue weighted by Crippen LogP contribution is 2.43. The lowest BCUT2D eigenvalue weighted by Gasteiger charge is -2.19. The van der Waals surface area contributed by atoms with E-state index < -0.39 is 17.9 Å². The van der Waals surface area contributed by atoms with Crippen molar-refractivity contribution < 1.29 is 38.5 Å². The summed E-state index contributed by atoms with van der Waals surface area (Å²) in [6.45, 7) is 3.67. The average Bonchev–Trinajstić information content (AvgIpc) is 3.50. The summed E-state index contributed by atoms with van der Waals surface area (Å²) in [7, 11) is 1.49. The van der Waals surface area contributed by atoms with Gasteiger partial charge in [-0.15, -0.1) is 0 Å². The maximum Gasteiger partial charge on any atom is 0.342 e. The number of benzene rings is 1. The van der Waals surface area contributed by atoms with E-state index in [4.69, 9.17) is 19.3 Å². The van der Waals surface area contributed by atoms with E-state index in [2.05, 4.69) is 5.32 Å². The molecule has 2 N–H and O–H groups in total. The minimum atomic E-state index is -0.892. The molecule has 178 valence electrons. The number of carbonyl (C=O) groups excluding carboxylic acids is 3. The van der Waals surface area contributed by atoms with E-state index >= 15 is 0 Å². The number of rotatable bonds is 11. The third-order valence-electron chi connectivity index (χ3n) is 5.73. The molecule has 1 aliphatic heterocycles. The zero-order valence-corrected chi connectivity index (χ0v) is 19.1. The number of nitrogens with one attached hydrogen (secondary N) is 1. The van der Waals surface area contributed by atoms with E-state index in [1.807, 2.05) is 13.0 Å². The molecule has 1 aromatic carbocycles. The smallest absolute Gasteiger partial charge is 0.342 e. The average molecular weight is 459 g/mol. The molecule has 1 fully saturated rings. The highest BCUT2D eigenvalue weighted by molar-refractivity contribution is 5.99. The van der Waals surface area contributed by atoms with Crippen LogP contribution in [0.2, 0.25) is 0 Å². The molecule has 0 aromatic heterocycles. The summed E-state index contributed by atoms with van der Waals surface area (Å²) < 4.78 is 16.4. The van der Waals surface area contributed by atoms with E-state index in [0.29, 0.717) is 28.9 Å². The number of esters is 2. The van der Waals surface area contributed by atoms with Crippen molar-refractivity contribution in [1.29, 1.82) is 0 Å². The Hall–Kier alpha value is -3.36. The van der Waals surface area contributed by atoms with Crippen LogP contribution in [0.1, 0.15) is 72.5 Å². The van der Waals surface area contributed by atoms with Crippen molar-refractivity contribution in [1.82, 2.24) is 5.32 Å². The Balaban J connectivity index is 1.87. The number of carbonyl (C=O) groups is 4. The second-order valence-electron chi connectivity index (χ2n) is 8.36. The number of hydrogen-bond donors (Lipinski definition) is 2.